The lowest BCUT2D eigenvalue weighted by Crippen LogP contribution is -2.43. The number of benzene rings is 1. The SMILES string of the molecule is NCC1(C(O)c2ccc(SC(F)(F)F)cc2)CCCOC1. The monoisotopic (exact) mass is 321 g/mol. The normalized spacial score (nSPS) is 24.8. The summed E-state index contributed by atoms with van der Waals surface area (Å²) in [6.45, 7) is 1.28. The van der Waals surface area contributed by atoms with E-state index in [4.69, 9.17) is 10.5 Å². The van der Waals surface area contributed by atoms with Crippen LogP contribution in [0, 0.1) is 5.41 Å². The summed E-state index contributed by atoms with van der Waals surface area (Å²) in [5.41, 5.74) is 1.50. The molecule has 2 atom stereocenters. The minimum absolute atomic E-state index is 0.0974. The molecule has 1 aliphatic rings. The Bertz CT molecular complexity index is 458. The molecule has 3 nitrogen and oxygen atoms in total. The van der Waals surface area contributed by atoms with Gasteiger partial charge in [0.05, 0.1) is 12.7 Å². The second-order valence-electron chi connectivity index (χ2n) is 5.24. The Morgan fingerprint density at radius 1 is 1.33 bits per heavy atom. The van der Waals surface area contributed by atoms with Crippen LogP contribution in [0.15, 0.2) is 29.2 Å². The van der Waals surface area contributed by atoms with Crippen LogP contribution in [-0.2, 0) is 4.74 Å². The maximum Gasteiger partial charge on any atom is 0.446 e. The van der Waals surface area contributed by atoms with Crippen molar-refractivity contribution in [3.8, 4) is 0 Å². The fourth-order valence-electron chi connectivity index (χ4n) is 2.57. The predicted molar refractivity (Wildman–Crippen MR) is 74.9 cm³/mol. The van der Waals surface area contributed by atoms with E-state index in [-0.39, 0.29) is 23.2 Å². The first kappa shape index (κ1) is 16.6. The molecule has 21 heavy (non-hydrogen) atoms. The lowest BCUT2D eigenvalue weighted by Gasteiger charge is -2.40. The number of hydrogen-bond donors (Lipinski definition) is 2. The molecule has 1 fully saturated rings. The van der Waals surface area contributed by atoms with Crippen LogP contribution in [0.5, 0.6) is 0 Å². The summed E-state index contributed by atoms with van der Waals surface area (Å²) in [4.78, 5) is 0.0974. The molecule has 0 bridgehead atoms. The van der Waals surface area contributed by atoms with Crippen molar-refractivity contribution >= 4 is 11.8 Å². The Hall–Kier alpha value is -0.760. The number of rotatable bonds is 4. The zero-order valence-electron chi connectivity index (χ0n) is 11.4. The van der Waals surface area contributed by atoms with Gasteiger partial charge in [-0.1, -0.05) is 12.1 Å². The number of nitrogens with two attached hydrogens (primary N) is 1. The third kappa shape index (κ3) is 4.12. The van der Waals surface area contributed by atoms with Gasteiger partial charge in [0.2, 0.25) is 0 Å². The second kappa shape index (κ2) is 6.56. The molecule has 2 rings (SSSR count). The van der Waals surface area contributed by atoms with Gasteiger partial charge in [0, 0.05) is 23.5 Å². The molecule has 1 aliphatic heterocycles. The highest BCUT2D eigenvalue weighted by atomic mass is 32.2. The molecule has 0 spiro atoms. The Morgan fingerprint density at radius 3 is 2.48 bits per heavy atom. The van der Waals surface area contributed by atoms with E-state index >= 15 is 0 Å². The summed E-state index contributed by atoms with van der Waals surface area (Å²) in [5.74, 6) is 0. The molecule has 7 heteroatoms. The summed E-state index contributed by atoms with van der Waals surface area (Å²) in [5, 5.41) is 10.5. The third-order valence-electron chi connectivity index (χ3n) is 3.77. The van der Waals surface area contributed by atoms with Crippen molar-refractivity contribution in [3.05, 3.63) is 29.8 Å². The van der Waals surface area contributed by atoms with Gasteiger partial charge in [-0.3, -0.25) is 0 Å². The van der Waals surface area contributed by atoms with E-state index in [2.05, 4.69) is 0 Å². The summed E-state index contributed by atoms with van der Waals surface area (Å²) in [6, 6.07) is 5.77. The van der Waals surface area contributed by atoms with Gasteiger partial charge in [-0.15, -0.1) is 0 Å². The van der Waals surface area contributed by atoms with Crippen LogP contribution in [-0.4, -0.2) is 30.4 Å². The fourth-order valence-corrected chi connectivity index (χ4v) is 3.11. The van der Waals surface area contributed by atoms with Crippen LogP contribution in [0.25, 0.3) is 0 Å². The van der Waals surface area contributed by atoms with Crippen LogP contribution in [0.2, 0.25) is 0 Å². The third-order valence-corrected chi connectivity index (χ3v) is 4.51. The van der Waals surface area contributed by atoms with Crippen LogP contribution < -0.4 is 5.73 Å². The molecule has 2 unspecified atom stereocenters. The van der Waals surface area contributed by atoms with Gasteiger partial charge in [-0.2, -0.15) is 13.2 Å². The van der Waals surface area contributed by atoms with Gasteiger partial charge in [0.15, 0.2) is 0 Å². The van der Waals surface area contributed by atoms with Crippen molar-refractivity contribution in [2.24, 2.45) is 11.1 Å². The number of alkyl halides is 3. The van der Waals surface area contributed by atoms with Crippen molar-refractivity contribution in [2.45, 2.75) is 29.3 Å². The fraction of sp³-hybridized carbons (Fsp3) is 0.571. The van der Waals surface area contributed by atoms with Gasteiger partial charge in [-0.25, -0.2) is 0 Å². The van der Waals surface area contributed by atoms with Crippen LogP contribution >= 0.6 is 11.8 Å². The molecule has 1 aromatic rings. The van der Waals surface area contributed by atoms with E-state index in [0.717, 1.165) is 12.8 Å². The summed E-state index contributed by atoms with van der Waals surface area (Å²) in [6.07, 6.45) is 0.715. The van der Waals surface area contributed by atoms with E-state index in [9.17, 15) is 18.3 Å². The number of aliphatic hydroxyl groups excluding tert-OH is 1. The molecular weight excluding hydrogens is 303 g/mol. The Kier molecular flexibility index (Phi) is 5.19. The van der Waals surface area contributed by atoms with Gasteiger partial charge in [-0.05, 0) is 42.3 Å². The maximum atomic E-state index is 12.3. The predicted octanol–water partition coefficient (Wildman–Crippen LogP) is 3.09. The van der Waals surface area contributed by atoms with Crippen molar-refractivity contribution < 1.29 is 23.0 Å². The standard InChI is InChI=1S/C14H18F3NO2S/c15-14(16,17)21-11-4-2-10(3-5-11)12(19)13(8-18)6-1-7-20-9-13/h2-5,12,19H,1,6-9,18H2. The molecule has 0 aliphatic carbocycles. The summed E-state index contributed by atoms with van der Waals surface area (Å²) in [7, 11) is 0. The van der Waals surface area contributed by atoms with E-state index in [1.807, 2.05) is 0 Å². The highest BCUT2D eigenvalue weighted by Gasteiger charge is 2.39. The van der Waals surface area contributed by atoms with Crippen molar-refractivity contribution in [3.63, 3.8) is 0 Å². The highest BCUT2D eigenvalue weighted by Crippen LogP contribution is 2.41. The highest BCUT2D eigenvalue weighted by molar-refractivity contribution is 8.00. The Morgan fingerprint density at radius 2 is 2.00 bits per heavy atom. The molecule has 0 amide bonds. The first-order valence-corrected chi connectivity index (χ1v) is 7.49. The zero-order chi connectivity index (χ0) is 15.5. The lowest BCUT2D eigenvalue weighted by molar-refractivity contribution is -0.0782. The molecule has 0 saturated carbocycles. The average Bonchev–Trinajstić information content (AvgIpc) is 2.46. The molecule has 0 radical (unpaired) electrons. The van der Waals surface area contributed by atoms with E-state index in [0.29, 0.717) is 18.8 Å². The average molecular weight is 321 g/mol. The summed E-state index contributed by atoms with van der Waals surface area (Å²) >= 11 is -0.169. The smallest absolute Gasteiger partial charge is 0.388 e. The molecular formula is C14H18F3NO2S. The zero-order valence-corrected chi connectivity index (χ0v) is 12.2. The first-order chi connectivity index (χ1) is 9.86. The second-order valence-corrected chi connectivity index (χ2v) is 6.38. The largest absolute Gasteiger partial charge is 0.446 e. The minimum atomic E-state index is -4.31. The maximum absolute atomic E-state index is 12.3. The molecule has 1 heterocycles. The number of thioether (sulfide) groups is 1. The lowest BCUT2D eigenvalue weighted by atomic mass is 9.75. The molecule has 0 aromatic heterocycles. The summed E-state index contributed by atoms with van der Waals surface area (Å²) < 4.78 is 42.3. The molecule has 118 valence electrons. The van der Waals surface area contributed by atoms with Crippen LogP contribution in [0.4, 0.5) is 13.2 Å². The quantitative estimate of drug-likeness (QED) is 0.837. The topological polar surface area (TPSA) is 55.5 Å². The van der Waals surface area contributed by atoms with Crippen LogP contribution in [0.3, 0.4) is 0 Å². The van der Waals surface area contributed by atoms with Crippen molar-refractivity contribution in [2.75, 3.05) is 19.8 Å². The van der Waals surface area contributed by atoms with E-state index < -0.39 is 17.0 Å². The number of aliphatic hydroxyl groups is 1. The number of ether oxygens (including phenoxy) is 1. The number of halogens is 3. The molecule has 3 N–H and O–H groups in total. The van der Waals surface area contributed by atoms with Gasteiger partial charge in [0.25, 0.3) is 0 Å². The van der Waals surface area contributed by atoms with Crippen molar-refractivity contribution in [1.82, 2.24) is 0 Å². The van der Waals surface area contributed by atoms with E-state index in [1.165, 1.54) is 24.3 Å². The minimum Gasteiger partial charge on any atom is -0.388 e. The Balaban J connectivity index is 2.13. The molecule has 1 saturated heterocycles. The Labute approximate surface area is 125 Å². The first-order valence-electron chi connectivity index (χ1n) is 6.68. The van der Waals surface area contributed by atoms with Gasteiger partial charge >= 0.3 is 5.51 Å². The molecule has 1 aromatic carbocycles. The van der Waals surface area contributed by atoms with Crippen LogP contribution in [0.1, 0.15) is 24.5 Å². The number of hydrogen-bond acceptors (Lipinski definition) is 4. The van der Waals surface area contributed by atoms with Gasteiger partial charge < -0.3 is 15.6 Å². The van der Waals surface area contributed by atoms with Gasteiger partial charge in [0.1, 0.15) is 0 Å². The van der Waals surface area contributed by atoms with E-state index in [1.54, 1.807) is 0 Å². The van der Waals surface area contributed by atoms with Crippen molar-refractivity contribution in [1.29, 1.82) is 0 Å².